The fourth-order valence-corrected chi connectivity index (χ4v) is 2.26. The third kappa shape index (κ3) is 2.46. The Morgan fingerprint density at radius 2 is 2.16 bits per heavy atom. The molecule has 0 saturated heterocycles. The van der Waals surface area contributed by atoms with Crippen molar-refractivity contribution in [2.75, 3.05) is 0 Å². The van der Waals surface area contributed by atoms with Gasteiger partial charge in [0.1, 0.15) is 6.61 Å². The van der Waals surface area contributed by atoms with Gasteiger partial charge >= 0.3 is 0 Å². The molecule has 3 rings (SSSR count). The summed E-state index contributed by atoms with van der Waals surface area (Å²) < 4.78 is 11.7. The van der Waals surface area contributed by atoms with Crippen LogP contribution in [0.2, 0.25) is 0 Å². The van der Waals surface area contributed by atoms with Gasteiger partial charge in [0.2, 0.25) is 5.88 Å². The largest absolute Gasteiger partial charge is 0.469 e. The predicted molar refractivity (Wildman–Crippen MR) is 75.0 cm³/mol. The van der Waals surface area contributed by atoms with Crippen molar-refractivity contribution in [2.45, 2.75) is 13.5 Å². The van der Waals surface area contributed by atoms with E-state index in [2.05, 4.69) is 32.8 Å². The lowest BCUT2D eigenvalue weighted by Gasteiger charge is -2.07. The first-order chi connectivity index (χ1) is 9.24. The molecule has 0 aliphatic heterocycles. The first kappa shape index (κ1) is 12.2. The standard InChI is InChI=1S/C14H11BrN2O2/c1-9-2-4-12-11(14(9)15)3-5-13(17-12)18-7-10-6-16-8-19-10/h2-6,8H,7H2,1H3. The van der Waals surface area contributed by atoms with E-state index >= 15 is 0 Å². The van der Waals surface area contributed by atoms with E-state index in [1.54, 1.807) is 6.20 Å². The van der Waals surface area contributed by atoms with Crippen molar-refractivity contribution >= 4 is 26.8 Å². The predicted octanol–water partition coefficient (Wildman–Crippen LogP) is 3.87. The van der Waals surface area contributed by atoms with Crippen molar-refractivity contribution in [1.29, 1.82) is 0 Å². The maximum Gasteiger partial charge on any atom is 0.214 e. The van der Waals surface area contributed by atoms with Gasteiger partial charge in [0.25, 0.3) is 0 Å². The number of ether oxygens (including phenoxy) is 1. The summed E-state index contributed by atoms with van der Waals surface area (Å²) in [5, 5.41) is 1.08. The van der Waals surface area contributed by atoms with E-state index in [0.717, 1.165) is 15.4 Å². The highest BCUT2D eigenvalue weighted by Gasteiger charge is 2.05. The van der Waals surface area contributed by atoms with Crippen LogP contribution in [0.3, 0.4) is 0 Å². The fourth-order valence-electron chi connectivity index (χ4n) is 1.80. The molecule has 0 N–H and O–H groups in total. The Bertz CT molecular complexity index is 711. The molecule has 19 heavy (non-hydrogen) atoms. The van der Waals surface area contributed by atoms with Crippen LogP contribution < -0.4 is 4.74 Å². The molecule has 0 amide bonds. The van der Waals surface area contributed by atoms with E-state index in [1.165, 1.54) is 12.0 Å². The second kappa shape index (κ2) is 5.01. The minimum atomic E-state index is 0.325. The number of halogens is 1. The van der Waals surface area contributed by atoms with Crippen molar-refractivity contribution < 1.29 is 9.15 Å². The molecule has 1 aromatic carbocycles. The number of oxazole rings is 1. The smallest absolute Gasteiger partial charge is 0.214 e. The molecule has 0 atom stereocenters. The molecule has 0 spiro atoms. The van der Waals surface area contributed by atoms with Gasteiger partial charge in [0.05, 0.1) is 11.7 Å². The summed E-state index contributed by atoms with van der Waals surface area (Å²) in [5.41, 5.74) is 2.08. The molecule has 0 aliphatic carbocycles. The summed E-state index contributed by atoms with van der Waals surface area (Å²) in [6, 6.07) is 7.86. The Hall–Kier alpha value is -1.88. The third-order valence-corrected chi connectivity index (χ3v) is 3.87. The van der Waals surface area contributed by atoms with Crippen LogP contribution in [-0.2, 0) is 6.61 Å². The summed E-state index contributed by atoms with van der Waals surface area (Å²) >= 11 is 3.57. The highest BCUT2D eigenvalue weighted by atomic mass is 79.9. The van der Waals surface area contributed by atoms with Crippen LogP contribution in [0.4, 0.5) is 0 Å². The summed E-state index contributed by atoms with van der Waals surface area (Å²) in [5.74, 6) is 1.24. The number of aromatic nitrogens is 2. The lowest BCUT2D eigenvalue weighted by atomic mass is 10.1. The molecule has 0 unspecified atom stereocenters. The molecule has 0 radical (unpaired) electrons. The number of aryl methyl sites for hydroxylation is 1. The average molecular weight is 319 g/mol. The van der Waals surface area contributed by atoms with Crippen molar-refractivity contribution in [2.24, 2.45) is 0 Å². The first-order valence-corrected chi connectivity index (χ1v) is 6.59. The van der Waals surface area contributed by atoms with Gasteiger partial charge in [-0.05, 0) is 40.5 Å². The molecule has 0 aliphatic rings. The number of pyridine rings is 1. The van der Waals surface area contributed by atoms with Gasteiger partial charge in [-0.15, -0.1) is 0 Å². The Labute approximate surface area is 118 Å². The van der Waals surface area contributed by atoms with Crippen LogP contribution in [0, 0.1) is 6.92 Å². The van der Waals surface area contributed by atoms with E-state index in [4.69, 9.17) is 9.15 Å². The maximum atomic E-state index is 5.57. The van der Waals surface area contributed by atoms with E-state index in [-0.39, 0.29) is 0 Å². The molecule has 3 aromatic rings. The Morgan fingerprint density at radius 1 is 1.26 bits per heavy atom. The van der Waals surface area contributed by atoms with Crippen LogP contribution in [0.15, 0.2) is 45.7 Å². The second-order valence-electron chi connectivity index (χ2n) is 4.17. The normalized spacial score (nSPS) is 10.8. The summed E-state index contributed by atoms with van der Waals surface area (Å²) in [4.78, 5) is 8.29. The highest BCUT2D eigenvalue weighted by molar-refractivity contribution is 9.10. The van der Waals surface area contributed by atoms with Crippen LogP contribution in [-0.4, -0.2) is 9.97 Å². The van der Waals surface area contributed by atoms with Gasteiger partial charge in [-0.3, -0.25) is 0 Å². The Balaban J connectivity index is 1.88. The molecule has 2 aromatic heterocycles. The SMILES string of the molecule is Cc1ccc2nc(OCc3cnco3)ccc2c1Br. The molecule has 96 valence electrons. The number of benzene rings is 1. The lowest BCUT2D eigenvalue weighted by Crippen LogP contribution is -1.96. The van der Waals surface area contributed by atoms with Crippen LogP contribution >= 0.6 is 15.9 Å². The summed E-state index contributed by atoms with van der Waals surface area (Å²) in [6.45, 7) is 2.38. The molecule has 5 heteroatoms. The number of hydrogen-bond donors (Lipinski definition) is 0. The maximum absolute atomic E-state index is 5.57. The quantitative estimate of drug-likeness (QED) is 0.735. The van der Waals surface area contributed by atoms with Crippen LogP contribution in [0.1, 0.15) is 11.3 Å². The van der Waals surface area contributed by atoms with Crippen molar-refractivity contribution in [3.8, 4) is 5.88 Å². The Kier molecular flexibility index (Phi) is 3.21. The lowest BCUT2D eigenvalue weighted by molar-refractivity contribution is 0.261. The molecular weight excluding hydrogens is 308 g/mol. The van der Waals surface area contributed by atoms with Gasteiger partial charge in [0.15, 0.2) is 12.2 Å². The number of nitrogens with zero attached hydrogens (tertiary/aromatic N) is 2. The average Bonchev–Trinajstić information content (AvgIpc) is 2.94. The molecule has 0 fully saturated rings. The Morgan fingerprint density at radius 3 is 2.95 bits per heavy atom. The topological polar surface area (TPSA) is 48.2 Å². The van der Waals surface area contributed by atoms with Crippen LogP contribution in [0.5, 0.6) is 5.88 Å². The van der Waals surface area contributed by atoms with Gasteiger partial charge < -0.3 is 9.15 Å². The molecule has 0 saturated carbocycles. The summed E-state index contributed by atoms with van der Waals surface area (Å²) in [6.07, 6.45) is 3.01. The van der Waals surface area contributed by atoms with Crippen molar-refractivity contribution in [1.82, 2.24) is 9.97 Å². The van der Waals surface area contributed by atoms with Crippen LogP contribution in [0.25, 0.3) is 10.9 Å². The zero-order valence-corrected chi connectivity index (χ0v) is 11.8. The summed E-state index contributed by atoms with van der Waals surface area (Å²) in [7, 11) is 0. The molecule has 4 nitrogen and oxygen atoms in total. The van der Waals surface area contributed by atoms with E-state index < -0.39 is 0 Å². The van der Waals surface area contributed by atoms with Gasteiger partial charge in [-0.1, -0.05) is 6.07 Å². The third-order valence-electron chi connectivity index (χ3n) is 2.82. The van der Waals surface area contributed by atoms with Gasteiger partial charge in [-0.25, -0.2) is 9.97 Å². The van der Waals surface area contributed by atoms with E-state index in [0.29, 0.717) is 18.2 Å². The zero-order valence-electron chi connectivity index (χ0n) is 10.3. The van der Waals surface area contributed by atoms with Crippen molar-refractivity contribution in [3.63, 3.8) is 0 Å². The molecular formula is C14H11BrN2O2. The number of hydrogen-bond acceptors (Lipinski definition) is 4. The zero-order chi connectivity index (χ0) is 13.2. The minimum Gasteiger partial charge on any atom is -0.469 e. The second-order valence-corrected chi connectivity index (χ2v) is 4.96. The van der Waals surface area contributed by atoms with Crippen molar-refractivity contribution in [3.05, 3.63) is 52.7 Å². The number of rotatable bonds is 3. The monoisotopic (exact) mass is 318 g/mol. The number of fused-ring (bicyclic) bond motifs is 1. The first-order valence-electron chi connectivity index (χ1n) is 5.80. The molecule has 0 bridgehead atoms. The van der Waals surface area contributed by atoms with E-state index in [9.17, 15) is 0 Å². The van der Waals surface area contributed by atoms with Gasteiger partial charge in [0, 0.05) is 15.9 Å². The minimum absolute atomic E-state index is 0.325. The van der Waals surface area contributed by atoms with Gasteiger partial charge in [-0.2, -0.15) is 0 Å². The highest BCUT2D eigenvalue weighted by Crippen LogP contribution is 2.27. The van der Waals surface area contributed by atoms with E-state index in [1.807, 2.05) is 24.3 Å². The fraction of sp³-hybridized carbons (Fsp3) is 0.143. The molecule has 2 heterocycles.